The van der Waals surface area contributed by atoms with E-state index < -0.39 is 29.3 Å². The number of hydrogen-bond acceptors (Lipinski definition) is 5. The first-order valence-corrected chi connectivity index (χ1v) is 11.6. The zero-order chi connectivity index (χ0) is 23.0. The van der Waals surface area contributed by atoms with Crippen molar-refractivity contribution < 1.29 is 29.0 Å². The van der Waals surface area contributed by atoms with Gasteiger partial charge in [-0.3, -0.25) is 9.69 Å². The highest BCUT2D eigenvalue weighted by Crippen LogP contribution is 2.38. The standard InChI is InChI=1S/C23H38N2O6/c1-15-8-10-16(11-9-15)25(19(26)18-7-6-12-30-18)17-13-23(5,20(27)28)24(14-17)21(29)31-22(2,3)4/h15-18H,6-14H2,1-5H3,(H,27,28)/t15?,16?,17-,18+,23+/m1/s1. The summed E-state index contributed by atoms with van der Waals surface area (Å²) in [6.45, 7) is 9.78. The summed E-state index contributed by atoms with van der Waals surface area (Å²) in [4.78, 5) is 41.8. The molecule has 2 aliphatic heterocycles. The van der Waals surface area contributed by atoms with Gasteiger partial charge in [-0.05, 0) is 72.1 Å². The van der Waals surface area contributed by atoms with Crippen LogP contribution in [0.4, 0.5) is 4.79 Å². The van der Waals surface area contributed by atoms with Gasteiger partial charge in [-0.1, -0.05) is 6.92 Å². The SMILES string of the molecule is CC1CCC(N(C(=O)[C@@H]2CCCO2)[C@H]2CN(C(=O)OC(C)(C)C)[C@](C)(C(=O)O)C2)CC1. The maximum atomic E-state index is 13.5. The van der Waals surface area contributed by atoms with E-state index in [1.807, 2.05) is 4.90 Å². The second-order valence-corrected chi connectivity index (χ2v) is 10.7. The lowest BCUT2D eigenvalue weighted by Crippen LogP contribution is -2.53. The Kier molecular flexibility index (Phi) is 6.89. The number of hydrogen-bond donors (Lipinski definition) is 1. The number of likely N-dealkylation sites (tertiary alicyclic amines) is 1. The van der Waals surface area contributed by atoms with Crippen LogP contribution in [0.15, 0.2) is 0 Å². The van der Waals surface area contributed by atoms with Gasteiger partial charge in [-0.25, -0.2) is 9.59 Å². The summed E-state index contributed by atoms with van der Waals surface area (Å²) in [5.74, 6) is -0.509. The molecule has 0 aromatic rings. The highest BCUT2D eigenvalue weighted by atomic mass is 16.6. The fourth-order valence-electron chi connectivity index (χ4n) is 5.15. The van der Waals surface area contributed by atoms with Crippen molar-refractivity contribution >= 4 is 18.0 Å². The van der Waals surface area contributed by atoms with Crippen LogP contribution in [0.5, 0.6) is 0 Å². The van der Waals surface area contributed by atoms with Crippen LogP contribution < -0.4 is 0 Å². The van der Waals surface area contributed by atoms with Crippen molar-refractivity contribution in [2.24, 2.45) is 5.92 Å². The second-order valence-electron chi connectivity index (χ2n) is 10.7. The summed E-state index contributed by atoms with van der Waals surface area (Å²) in [5, 5.41) is 10.0. The fraction of sp³-hybridized carbons (Fsp3) is 0.870. The first-order valence-electron chi connectivity index (χ1n) is 11.6. The van der Waals surface area contributed by atoms with Crippen molar-refractivity contribution in [2.45, 2.75) is 109 Å². The Hall–Kier alpha value is -1.83. The Morgan fingerprint density at radius 1 is 1.10 bits per heavy atom. The Balaban J connectivity index is 1.88. The van der Waals surface area contributed by atoms with Crippen molar-refractivity contribution in [3.05, 3.63) is 0 Å². The quantitative estimate of drug-likeness (QED) is 0.722. The van der Waals surface area contributed by atoms with E-state index in [9.17, 15) is 19.5 Å². The number of carbonyl (C=O) groups is 3. The Morgan fingerprint density at radius 2 is 1.74 bits per heavy atom. The van der Waals surface area contributed by atoms with E-state index in [0.29, 0.717) is 18.9 Å². The van der Waals surface area contributed by atoms with Crippen LogP contribution in [0.2, 0.25) is 0 Å². The second kappa shape index (κ2) is 8.96. The molecule has 8 heteroatoms. The highest BCUT2D eigenvalue weighted by molar-refractivity contribution is 5.86. The topological polar surface area (TPSA) is 96.4 Å². The van der Waals surface area contributed by atoms with Crippen molar-refractivity contribution in [2.75, 3.05) is 13.2 Å². The van der Waals surface area contributed by atoms with Gasteiger partial charge in [-0.15, -0.1) is 0 Å². The lowest BCUT2D eigenvalue weighted by molar-refractivity contribution is -0.149. The minimum Gasteiger partial charge on any atom is -0.480 e. The molecule has 0 aromatic heterocycles. The van der Waals surface area contributed by atoms with Crippen LogP contribution in [0.1, 0.15) is 79.6 Å². The molecule has 2 heterocycles. The van der Waals surface area contributed by atoms with Gasteiger partial charge in [0.05, 0.1) is 6.04 Å². The van der Waals surface area contributed by atoms with Crippen LogP contribution in [-0.2, 0) is 19.1 Å². The number of carboxylic acid groups (broad SMARTS) is 1. The number of carbonyl (C=O) groups excluding carboxylic acids is 2. The van der Waals surface area contributed by atoms with E-state index >= 15 is 0 Å². The number of ether oxygens (including phenoxy) is 2. The van der Waals surface area contributed by atoms with Crippen LogP contribution in [0.25, 0.3) is 0 Å². The molecular formula is C23H38N2O6. The van der Waals surface area contributed by atoms with Gasteiger partial charge in [-0.2, -0.15) is 0 Å². The van der Waals surface area contributed by atoms with Crippen LogP contribution in [0, 0.1) is 5.92 Å². The lowest BCUT2D eigenvalue weighted by Gasteiger charge is -2.41. The molecule has 1 N–H and O–H groups in total. The molecule has 3 fully saturated rings. The molecule has 3 aliphatic rings. The van der Waals surface area contributed by atoms with Gasteiger partial charge >= 0.3 is 12.1 Å². The van der Waals surface area contributed by atoms with Gasteiger partial charge in [0.25, 0.3) is 5.91 Å². The summed E-state index contributed by atoms with van der Waals surface area (Å²) >= 11 is 0. The first-order chi connectivity index (χ1) is 14.4. The van der Waals surface area contributed by atoms with Crippen LogP contribution in [0.3, 0.4) is 0 Å². The summed E-state index contributed by atoms with van der Waals surface area (Å²) in [6.07, 6.45) is 4.49. The zero-order valence-electron chi connectivity index (χ0n) is 19.6. The highest BCUT2D eigenvalue weighted by Gasteiger charge is 2.54. The maximum Gasteiger partial charge on any atom is 0.411 e. The van der Waals surface area contributed by atoms with E-state index in [0.717, 1.165) is 32.1 Å². The van der Waals surface area contributed by atoms with Gasteiger partial charge in [0.2, 0.25) is 0 Å². The minimum atomic E-state index is -1.43. The van der Waals surface area contributed by atoms with E-state index in [1.54, 1.807) is 27.7 Å². The van der Waals surface area contributed by atoms with E-state index in [4.69, 9.17) is 9.47 Å². The van der Waals surface area contributed by atoms with Crippen molar-refractivity contribution in [3.8, 4) is 0 Å². The monoisotopic (exact) mass is 438 g/mol. The normalized spacial score (nSPS) is 33.9. The molecule has 3 rings (SSSR count). The summed E-state index contributed by atoms with van der Waals surface area (Å²) < 4.78 is 11.2. The van der Waals surface area contributed by atoms with Crippen molar-refractivity contribution in [1.29, 1.82) is 0 Å². The lowest BCUT2D eigenvalue weighted by atomic mass is 9.85. The minimum absolute atomic E-state index is 0.0505. The molecule has 0 spiro atoms. The largest absolute Gasteiger partial charge is 0.480 e. The third-order valence-electron chi connectivity index (χ3n) is 6.93. The van der Waals surface area contributed by atoms with E-state index in [2.05, 4.69) is 6.92 Å². The van der Waals surface area contributed by atoms with Crippen molar-refractivity contribution in [1.82, 2.24) is 9.80 Å². The third-order valence-corrected chi connectivity index (χ3v) is 6.93. The molecule has 8 nitrogen and oxygen atoms in total. The van der Waals surface area contributed by atoms with Gasteiger partial charge in [0, 0.05) is 25.6 Å². The zero-order valence-corrected chi connectivity index (χ0v) is 19.6. The molecule has 1 saturated carbocycles. The smallest absolute Gasteiger partial charge is 0.411 e. The third kappa shape index (κ3) is 5.16. The average molecular weight is 439 g/mol. The number of aliphatic carboxylic acids is 1. The predicted molar refractivity (Wildman–Crippen MR) is 115 cm³/mol. The Labute approximate surface area is 185 Å². The fourth-order valence-corrected chi connectivity index (χ4v) is 5.15. The Bertz CT molecular complexity index is 691. The molecule has 176 valence electrons. The average Bonchev–Trinajstić information content (AvgIpc) is 3.31. The van der Waals surface area contributed by atoms with E-state index in [-0.39, 0.29) is 31.0 Å². The van der Waals surface area contributed by atoms with Crippen LogP contribution in [-0.4, -0.2) is 75.4 Å². The molecule has 0 bridgehead atoms. The molecule has 2 saturated heterocycles. The summed E-state index contributed by atoms with van der Waals surface area (Å²) in [6, 6.07) is -0.321. The Morgan fingerprint density at radius 3 is 2.26 bits per heavy atom. The molecule has 2 amide bonds. The summed E-state index contributed by atoms with van der Waals surface area (Å²) in [5.41, 5.74) is -2.16. The van der Waals surface area contributed by atoms with Gasteiger partial charge in [0.15, 0.2) is 0 Å². The van der Waals surface area contributed by atoms with Gasteiger partial charge in [0.1, 0.15) is 17.2 Å². The predicted octanol–water partition coefficient (Wildman–Crippen LogP) is 3.43. The van der Waals surface area contributed by atoms with Crippen molar-refractivity contribution in [3.63, 3.8) is 0 Å². The number of amides is 2. The van der Waals surface area contributed by atoms with E-state index in [1.165, 1.54) is 4.90 Å². The summed E-state index contributed by atoms with van der Waals surface area (Å²) in [7, 11) is 0. The molecule has 1 aliphatic carbocycles. The first kappa shape index (κ1) is 23.8. The molecule has 0 unspecified atom stereocenters. The molecule has 3 atom stereocenters. The molecule has 0 radical (unpaired) electrons. The number of rotatable bonds is 4. The maximum absolute atomic E-state index is 13.5. The van der Waals surface area contributed by atoms with Crippen LogP contribution >= 0.6 is 0 Å². The van der Waals surface area contributed by atoms with Gasteiger partial charge < -0.3 is 19.5 Å². The molecular weight excluding hydrogens is 400 g/mol. The number of nitrogens with zero attached hydrogens (tertiary/aromatic N) is 2. The molecule has 0 aromatic carbocycles. The number of carboxylic acids is 1. The molecule has 31 heavy (non-hydrogen) atoms.